The molecule has 0 bridgehead atoms. The van der Waals surface area contributed by atoms with Gasteiger partial charge in [0.05, 0.1) is 12.1 Å². The van der Waals surface area contributed by atoms with E-state index in [-0.39, 0.29) is 0 Å². The van der Waals surface area contributed by atoms with Crippen molar-refractivity contribution >= 4 is 38.4 Å². The number of pyridine rings is 1. The first-order valence-corrected chi connectivity index (χ1v) is 10.3. The van der Waals surface area contributed by atoms with E-state index in [2.05, 4.69) is 55.0 Å². The van der Waals surface area contributed by atoms with Crippen LogP contribution in [0.2, 0.25) is 0 Å². The maximum Gasteiger partial charge on any atom is 0.236 e. The van der Waals surface area contributed by atoms with Crippen LogP contribution in [0, 0.1) is 0 Å². The Morgan fingerprint density at radius 1 is 1.00 bits per heavy atom. The predicted molar refractivity (Wildman–Crippen MR) is 109 cm³/mol. The van der Waals surface area contributed by atoms with Gasteiger partial charge in [0.15, 0.2) is 0 Å². The Morgan fingerprint density at radius 2 is 1.77 bits per heavy atom. The van der Waals surface area contributed by atoms with E-state index < -0.39 is 0 Å². The molecule has 0 N–H and O–H groups in total. The Bertz CT molecular complexity index is 782. The Balaban J connectivity index is 1.38. The second kappa shape index (κ2) is 7.92. The maximum atomic E-state index is 12.5. The zero-order chi connectivity index (χ0) is 17.9. The molecule has 1 amide bonds. The van der Waals surface area contributed by atoms with Gasteiger partial charge in [0.25, 0.3) is 0 Å². The molecule has 0 atom stereocenters. The zero-order valence-corrected chi connectivity index (χ0v) is 16.6. The van der Waals surface area contributed by atoms with Crippen LogP contribution >= 0.6 is 15.9 Å². The molecule has 2 fully saturated rings. The number of fused-ring (bicyclic) bond motifs is 1. The Labute approximate surface area is 163 Å². The van der Waals surface area contributed by atoms with Crippen molar-refractivity contribution in [2.45, 2.75) is 19.3 Å². The summed E-state index contributed by atoms with van der Waals surface area (Å²) in [5, 5.41) is 1.19. The molecule has 2 saturated heterocycles. The van der Waals surface area contributed by atoms with E-state index in [1.165, 1.54) is 17.5 Å². The van der Waals surface area contributed by atoms with Gasteiger partial charge in [-0.1, -0.05) is 15.9 Å². The molecule has 1 aromatic heterocycles. The molecule has 138 valence electrons. The van der Waals surface area contributed by atoms with Crippen LogP contribution in [0.15, 0.2) is 34.9 Å². The number of hydrogen-bond donors (Lipinski definition) is 0. The first-order chi connectivity index (χ1) is 12.7. The third-order valence-corrected chi connectivity index (χ3v) is 5.96. The summed E-state index contributed by atoms with van der Waals surface area (Å²) in [6.45, 7) is 6.21. The van der Waals surface area contributed by atoms with Gasteiger partial charge in [-0.05, 0) is 43.5 Å². The van der Waals surface area contributed by atoms with Gasteiger partial charge in [0.2, 0.25) is 5.91 Å². The molecule has 0 radical (unpaired) electrons. The fourth-order valence-electron chi connectivity index (χ4n) is 3.96. The number of aromatic nitrogens is 1. The lowest BCUT2D eigenvalue weighted by molar-refractivity contribution is -0.133. The molecule has 2 aromatic rings. The minimum atomic E-state index is 0.303. The number of piperazine rings is 1. The van der Waals surface area contributed by atoms with Gasteiger partial charge >= 0.3 is 0 Å². The van der Waals surface area contributed by atoms with Crippen LogP contribution in [-0.2, 0) is 4.79 Å². The second-order valence-corrected chi connectivity index (χ2v) is 8.11. The van der Waals surface area contributed by atoms with Crippen molar-refractivity contribution in [3.8, 4) is 0 Å². The molecule has 1 aromatic carbocycles. The number of benzene rings is 1. The van der Waals surface area contributed by atoms with Gasteiger partial charge in [-0.25, -0.2) is 0 Å². The lowest BCUT2D eigenvalue weighted by Crippen LogP contribution is -2.50. The number of carbonyl (C=O) groups excluding carboxylic acids is 1. The van der Waals surface area contributed by atoms with Crippen molar-refractivity contribution in [2.24, 2.45) is 0 Å². The molecule has 0 saturated carbocycles. The molecule has 4 rings (SSSR count). The number of nitrogens with zero attached hydrogens (tertiary/aromatic N) is 4. The minimum absolute atomic E-state index is 0.303. The first kappa shape index (κ1) is 17.7. The highest BCUT2D eigenvalue weighted by molar-refractivity contribution is 9.10. The van der Waals surface area contributed by atoms with E-state index in [1.54, 1.807) is 0 Å². The molecule has 0 spiro atoms. The molecule has 0 unspecified atom stereocenters. The SMILES string of the molecule is O=C(CN1CCN(c2ccnc3cc(Br)ccc23)CC1)N1CCCCC1. The molecule has 3 heterocycles. The number of piperidine rings is 1. The van der Waals surface area contributed by atoms with Crippen molar-refractivity contribution in [2.75, 3.05) is 50.7 Å². The fraction of sp³-hybridized carbons (Fsp3) is 0.500. The quantitative estimate of drug-likeness (QED) is 0.770. The van der Waals surface area contributed by atoms with Crippen molar-refractivity contribution in [1.29, 1.82) is 0 Å². The van der Waals surface area contributed by atoms with Crippen LogP contribution in [0.1, 0.15) is 19.3 Å². The number of anilines is 1. The monoisotopic (exact) mass is 416 g/mol. The van der Waals surface area contributed by atoms with Crippen LogP contribution in [-0.4, -0.2) is 66.5 Å². The van der Waals surface area contributed by atoms with E-state index in [0.29, 0.717) is 12.5 Å². The molecular formula is C20H25BrN4O. The van der Waals surface area contributed by atoms with Gasteiger partial charge in [-0.15, -0.1) is 0 Å². The van der Waals surface area contributed by atoms with Crippen LogP contribution in [0.5, 0.6) is 0 Å². The Hall–Kier alpha value is -1.66. The summed E-state index contributed by atoms with van der Waals surface area (Å²) in [5.74, 6) is 0.303. The van der Waals surface area contributed by atoms with Gasteiger partial charge in [0, 0.05) is 61.0 Å². The summed E-state index contributed by atoms with van der Waals surface area (Å²) < 4.78 is 1.05. The van der Waals surface area contributed by atoms with Crippen molar-refractivity contribution < 1.29 is 4.79 Å². The fourth-order valence-corrected chi connectivity index (χ4v) is 4.31. The summed E-state index contributed by atoms with van der Waals surface area (Å²) in [7, 11) is 0. The number of carbonyl (C=O) groups is 1. The molecule has 2 aliphatic heterocycles. The number of halogens is 1. The van der Waals surface area contributed by atoms with Crippen molar-refractivity contribution in [3.63, 3.8) is 0 Å². The number of likely N-dealkylation sites (tertiary alicyclic amines) is 1. The normalized spacial score (nSPS) is 19.1. The largest absolute Gasteiger partial charge is 0.368 e. The van der Waals surface area contributed by atoms with E-state index in [1.807, 2.05) is 11.1 Å². The highest BCUT2D eigenvalue weighted by atomic mass is 79.9. The third-order valence-electron chi connectivity index (χ3n) is 5.46. The van der Waals surface area contributed by atoms with Gasteiger partial charge in [-0.3, -0.25) is 14.7 Å². The highest BCUT2D eigenvalue weighted by Crippen LogP contribution is 2.28. The van der Waals surface area contributed by atoms with Gasteiger partial charge < -0.3 is 9.80 Å². The molecular weight excluding hydrogens is 392 g/mol. The molecule has 2 aliphatic rings. The summed E-state index contributed by atoms with van der Waals surface area (Å²) in [4.78, 5) is 23.7. The summed E-state index contributed by atoms with van der Waals surface area (Å²) in [6.07, 6.45) is 5.46. The van der Waals surface area contributed by atoms with Crippen molar-refractivity contribution in [3.05, 3.63) is 34.9 Å². The lowest BCUT2D eigenvalue weighted by Gasteiger charge is -2.37. The van der Waals surface area contributed by atoms with Crippen LogP contribution in [0.4, 0.5) is 5.69 Å². The summed E-state index contributed by atoms with van der Waals surface area (Å²) in [6, 6.07) is 8.37. The van der Waals surface area contributed by atoms with Crippen molar-refractivity contribution in [1.82, 2.24) is 14.8 Å². The lowest BCUT2D eigenvalue weighted by atomic mass is 10.1. The predicted octanol–water partition coefficient (Wildman–Crippen LogP) is 3.13. The smallest absolute Gasteiger partial charge is 0.236 e. The first-order valence-electron chi connectivity index (χ1n) is 9.50. The standard InChI is InChI=1S/C20H25BrN4O/c21-16-4-5-17-18(14-16)22-7-6-19(17)24-12-10-23(11-13-24)15-20(26)25-8-2-1-3-9-25/h4-7,14H,1-3,8-13,15H2. The maximum absolute atomic E-state index is 12.5. The van der Waals surface area contributed by atoms with E-state index in [4.69, 9.17) is 0 Å². The summed E-state index contributed by atoms with van der Waals surface area (Å²) in [5.41, 5.74) is 2.25. The second-order valence-electron chi connectivity index (χ2n) is 7.20. The highest BCUT2D eigenvalue weighted by Gasteiger charge is 2.23. The van der Waals surface area contributed by atoms with E-state index in [0.717, 1.165) is 62.1 Å². The average Bonchev–Trinajstić information content (AvgIpc) is 2.68. The Kier molecular flexibility index (Phi) is 5.41. The molecule has 6 heteroatoms. The van der Waals surface area contributed by atoms with E-state index >= 15 is 0 Å². The van der Waals surface area contributed by atoms with Gasteiger partial charge in [0.1, 0.15) is 0 Å². The van der Waals surface area contributed by atoms with Gasteiger partial charge in [-0.2, -0.15) is 0 Å². The average molecular weight is 417 g/mol. The molecule has 26 heavy (non-hydrogen) atoms. The number of hydrogen-bond acceptors (Lipinski definition) is 4. The van der Waals surface area contributed by atoms with Crippen LogP contribution < -0.4 is 4.90 Å². The zero-order valence-electron chi connectivity index (χ0n) is 15.0. The number of amides is 1. The third kappa shape index (κ3) is 3.86. The number of rotatable bonds is 3. The summed E-state index contributed by atoms with van der Waals surface area (Å²) >= 11 is 3.52. The topological polar surface area (TPSA) is 39.7 Å². The minimum Gasteiger partial charge on any atom is -0.368 e. The van der Waals surface area contributed by atoms with Crippen LogP contribution in [0.3, 0.4) is 0 Å². The Morgan fingerprint density at radius 3 is 2.54 bits per heavy atom. The van der Waals surface area contributed by atoms with Crippen LogP contribution in [0.25, 0.3) is 10.9 Å². The van der Waals surface area contributed by atoms with E-state index in [9.17, 15) is 4.79 Å². The molecule has 0 aliphatic carbocycles. The molecule has 5 nitrogen and oxygen atoms in total.